The number of aromatic nitrogens is 4. The van der Waals surface area contributed by atoms with Crippen LogP contribution in [0, 0.1) is 11.6 Å². The Balaban J connectivity index is 1.64. The van der Waals surface area contributed by atoms with Gasteiger partial charge in [0, 0.05) is 42.7 Å². The molecule has 2 aromatic heterocycles. The second kappa shape index (κ2) is 9.05. The van der Waals surface area contributed by atoms with Crippen LogP contribution in [0.2, 0.25) is 0 Å². The van der Waals surface area contributed by atoms with Crippen LogP contribution in [-0.4, -0.2) is 33.8 Å². The number of sulfonamides is 1. The number of nitrogens with zero attached hydrogens (tertiary/aromatic N) is 4. The molecule has 1 aromatic carbocycles. The first-order valence-corrected chi connectivity index (χ1v) is 12.2. The van der Waals surface area contributed by atoms with Crippen molar-refractivity contribution in [3.05, 3.63) is 60.3 Å². The standard InChI is InChI=1S/C22H25F2N5O3S/c1-3-29-18(7-11-27-29)15-6-4-5-9-22(15,2)32-19-12-17(24)20(13-16(19)23)33(30,31)28-21-8-10-25-14-26-21/h7-8,10-15H,3-6,9H2,1-2H3,(H,25,26,28)/t15-,22-/m1/s1. The smallest absolute Gasteiger partial charge is 0.266 e. The third kappa shape index (κ3) is 4.68. The van der Waals surface area contributed by atoms with Crippen molar-refractivity contribution in [2.75, 3.05) is 4.72 Å². The van der Waals surface area contributed by atoms with E-state index in [1.807, 2.05) is 24.6 Å². The van der Waals surface area contributed by atoms with Gasteiger partial charge < -0.3 is 4.74 Å². The molecule has 0 spiro atoms. The van der Waals surface area contributed by atoms with E-state index in [2.05, 4.69) is 19.8 Å². The largest absolute Gasteiger partial charge is 0.484 e. The Morgan fingerprint density at radius 2 is 2.03 bits per heavy atom. The van der Waals surface area contributed by atoms with Crippen LogP contribution in [0.25, 0.3) is 0 Å². The van der Waals surface area contributed by atoms with Gasteiger partial charge >= 0.3 is 0 Å². The minimum absolute atomic E-state index is 0.0600. The van der Waals surface area contributed by atoms with Crippen molar-refractivity contribution in [1.82, 2.24) is 19.7 Å². The normalized spacial score (nSPS) is 21.0. The van der Waals surface area contributed by atoms with Gasteiger partial charge in [-0.25, -0.2) is 27.2 Å². The number of benzene rings is 1. The van der Waals surface area contributed by atoms with E-state index in [9.17, 15) is 12.8 Å². The highest BCUT2D eigenvalue weighted by Crippen LogP contribution is 2.44. The van der Waals surface area contributed by atoms with Crippen molar-refractivity contribution in [1.29, 1.82) is 0 Å². The molecule has 0 bridgehead atoms. The average molecular weight is 478 g/mol. The van der Waals surface area contributed by atoms with Gasteiger partial charge in [0.15, 0.2) is 11.6 Å². The predicted molar refractivity (Wildman–Crippen MR) is 117 cm³/mol. The summed E-state index contributed by atoms with van der Waals surface area (Å²) < 4.78 is 65.1. The van der Waals surface area contributed by atoms with Crippen LogP contribution in [0.3, 0.4) is 0 Å². The first-order chi connectivity index (χ1) is 15.7. The number of halogens is 2. The Bertz CT molecular complexity index is 1240. The predicted octanol–water partition coefficient (Wildman–Crippen LogP) is 4.27. The average Bonchev–Trinajstić information content (AvgIpc) is 3.25. The van der Waals surface area contributed by atoms with E-state index in [1.54, 1.807) is 6.20 Å². The van der Waals surface area contributed by atoms with Gasteiger partial charge in [0.2, 0.25) is 0 Å². The Labute approximate surface area is 191 Å². The lowest BCUT2D eigenvalue weighted by molar-refractivity contribution is 0.0193. The zero-order chi connectivity index (χ0) is 23.6. The molecule has 176 valence electrons. The minimum Gasteiger partial charge on any atom is -0.484 e. The maximum atomic E-state index is 15.0. The summed E-state index contributed by atoms with van der Waals surface area (Å²) in [6, 6.07) is 4.64. The molecule has 2 heterocycles. The fraction of sp³-hybridized carbons (Fsp3) is 0.409. The Kier molecular flexibility index (Phi) is 6.33. The second-order valence-electron chi connectivity index (χ2n) is 8.20. The van der Waals surface area contributed by atoms with Crippen LogP contribution in [0.5, 0.6) is 5.75 Å². The van der Waals surface area contributed by atoms with Crippen molar-refractivity contribution in [3.63, 3.8) is 0 Å². The Morgan fingerprint density at radius 3 is 2.76 bits per heavy atom. The van der Waals surface area contributed by atoms with Crippen LogP contribution >= 0.6 is 0 Å². The van der Waals surface area contributed by atoms with Crippen LogP contribution in [0.4, 0.5) is 14.6 Å². The van der Waals surface area contributed by atoms with Crippen LogP contribution in [0.15, 0.2) is 47.9 Å². The SMILES string of the molecule is CCn1nccc1[C@H]1CCCC[C@@]1(C)Oc1cc(F)c(S(=O)(=O)Nc2ccncn2)cc1F. The van der Waals surface area contributed by atoms with Gasteiger partial charge in [-0.05, 0) is 45.2 Å². The number of aryl methyl sites for hydroxylation is 1. The second-order valence-corrected chi connectivity index (χ2v) is 9.85. The monoisotopic (exact) mass is 477 g/mol. The molecule has 1 aliphatic rings. The molecule has 0 radical (unpaired) electrons. The molecule has 0 aliphatic heterocycles. The molecular formula is C22H25F2N5O3S. The Morgan fingerprint density at radius 1 is 1.21 bits per heavy atom. The summed E-state index contributed by atoms with van der Waals surface area (Å²) in [6.45, 7) is 4.55. The van der Waals surface area contributed by atoms with E-state index in [4.69, 9.17) is 4.74 Å². The highest BCUT2D eigenvalue weighted by atomic mass is 32.2. The van der Waals surface area contributed by atoms with Gasteiger partial charge in [-0.2, -0.15) is 5.10 Å². The molecule has 1 N–H and O–H groups in total. The molecule has 3 aromatic rings. The fourth-order valence-corrected chi connectivity index (χ4v) is 5.46. The minimum atomic E-state index is -4.41. The fourth-order valence-electron chi connectivity index (χ4n) is 4.38. The van der Waals surface area contributed by atoms with Crippen molar-refractivity contribution in [2.45, 2.75) is 62.5 Å². The van der Waals surface area contributed by atoms with Crippen LogP contribution < -0.4 is 9.46 Å². The van der Waals surface area contributed by atoms with Crippen molar-refractivity contribution in [3.8, 4) is 5.75 Å². The molecule has 0 saturated heterocycles. The van der Waals surface area contributed by atoms with Gasteiger partial charge in [0.25, 0.3) is 10.0 Å². The van der Waals surface area contributed by atoms with Crippen LogP contribution in [-0.2, 0) is 16.6 Å². The quantitative estimate of drug-likeness (QED) is 0.546. The molecule has 2 atom stereocenters. The molecule has 1 fully saturated rings. The molecule has 0 amide bonds. The van der Waals surface area contributed by atoms with Gasteiger partial charge in [-0.1, -0.05) is 6.42 Å². The number of anilines is 1. The molecule has 1 aliphatic carbocycles. The van der Waals surface area contributed by atoms with Gasteiger partial charge in [0.05, 0.1) is 0 Å². The van der Waals surface area contributed by atoms with Crippen molar-refractivity contribution in [2.24, 2.45) is 0 Å². The first kappa shape index (κ1) is 23.1. The summed E-state index contributed by atoms with van der Waals surface area (Å²) in [5.74, 6) is -2.55. The first-order valence-electron chi connectivity index (χ1n) is 10.7. The van der Waals surface area contributed by atoms with E-state index in [0.717, 1.165) is 37.4 Å². The van der Waals surface area contributed by atoms with E-state index in [1.165, 1.54) is 12.3 Å². The van der Waals surface area contributed by atoms with E-state index >= 15 is 4.39 Å². The number of nitrogens with one attached hydrogen (secondary N) is 1. The van der Waals surface area contributed by atoms with Gasteiger partial charge in [-0.15, -0.1) is 0 Å². The van der Waals surface area contributed by atoms with Gasteiger partial charge in [0.1, 0.15) is 28.5 Å². The molecule has 8 nitrogen and oxygen atoms in total. The number of ether oxygens (including phenoxy) is 1. The summed E-state index contributed by atoms with van der Waals surface area (Å²) in [7, 11) is -4.41. The molecule has 33 heavy (non-hydrogen) atoms. The number of hydrogen-bond acceptors (Lipinski definition) is 6. The summed E-state index contributed by atoms with van der Waals surface area (Å²) in [6.07, 6.45) is 7.51. The zero-order valence-electron chi connectivity index (χ0n) is 18.3. The summed E-state index contributed by atoms with van der Waals surface area (Å²) >= 11 is 0. The lowest BCUT2D eigenvalue weighted by Crippen LogP contribution is -2.43. The number of rotatable bonds is 7. The van der Waals surface area contributed by atoms with Gasteiger partial charge in [-0.3, -0.25) is 9.40 Å². The number of hydrogen-bond donors (Lipinski definition) is 1. The van der Waals surface area contributed by atoms with Crippen molar-refractivity contribution >= 4 is 15.8 Å². The molecule has 1 saturated carbocycles. The highest BCUT2D eigenvalue weighted by molar-refractivity contribution is 7.92. The maximum absolute atomic E-state index is 15.0. The lowest BCUT2D eigenvalue weighted by atomic mass is 9.74. The Hall–Kier alpha value is -3.08. The lowest BCUT2D eigenvalue weighted by Gasteiger charge is -2.41. The summed E-state index contributed by atoms with van der Waals surface area (Å²) in [5, 5.41) is 4.33. The molecule has 4 rings (SSSR count). The third-order valence-corrected chi connectivity index (χ3v) is 7.37. The molecule has 0 unspecified atom stereocenters. The third-order valence-electron chi connectivity index (χ3n) is 6.00. The van der Waals surface area contributed by atoms with E-state index in [0.29, 0.717) is 19.0 Å². The molecular weight excluding hydrogens is 452 g/mol. The zero-order valence-corrected chi connectivity index (χ0v) is 19.1. The summed E-state index contributed by atoms with van der Waals surface area (Å²) in [4.78, 5) is 6.60. The van der Waals surface area contributed by atoms with Crippen LogP contribution in [0.1, 0.15) is 51.1 Å². The maximum Gasteiger partial charge on any atom is 0.266 e. The van der Waals surface area contributed by atoms with Crippen molar-refractivity contribution < 1.29 is 21.9 Å². The van der Waals surface area contributed by atoms with E-state index < -0.39 is 32.2 Å². The summed E-state index contributed by atoms with van der Waals surface area (Å²) in [5.41, 5.74) is 0.173. The molecule has 11 heteroatoms. The highest BCUT2D eigenvalue weighted by Gasteiger charge is 2.42. The van der Waals surface area contributed by atoms with E-state index in [-0.39, 0.29) is 17.5 Å². The topological polar surface area (TPSA) is 99.0 Å².